The minimum atomic E-state index is 0.432. The molecule has 0 bridgehead atoms. The molecule has 0 saturated carbocycles. The molecule has 1 unspecified atom stereocenters. The van der Waals surface area contributed by atoms with E-state index in [1.807, 2.05) is 11.3 Å². The van der Waals surface area contributed by atoms with Gasteiger partial charge in [-0.05, 0) is 42.5 Å². The first kappa shape index (κ1) is 11.2. The van der Waals surface area contributed by atoms with E-state index in [0.717, 1.165) is 6.42 Å². The molecule has 1 heterocycles. The summed E-state index contributed by atoms with van der Waals surface area (Å²) in [5.41, 5.74) is 2.51. The van der Waals surface area contributed by atoms with Crippen LogP contribution in [0.15, 0.2) is 41.8 Å². The van der Waals surface area contributed by atoms with Gasteiger partial charge in [0.1, 0.15) is 0 Å². The van der Waals surface area contributed by atoms with E-state index in [1.54, 1.807) is 0 Å². The lowest BCUT2D eigenvalue weighted by atomic mass is 10.1. The summed E-state index contributed by atoms with van der Waals surface area (Å²) in [5.74, 6) is 0. The van der Waals surface area contributed by atoms with Gasteiger partial charge >= 0.3 is 0 Å². The van der Waals surface area contributed by atoms with Crippen molar-refractivity contribution in [2.45, 2.75) is 26.3 Å². The monoisotopic (exact) mass is 231 g/mol. The number of rotatable bonds is 4. The fraction of sp³-hybridized carbons (Fsp3) is 0.286. The van der Waals surface area contributed by atoms with Gasteiger partial charge < -0.3 is 5.32 Å². The first-order valence-corrected chi connectivity index (χ1v) is 6.54. The van der Waals surface area contributed by atoms with Crippen LogP contribution in [0.25, 0.3) is 0 Å². The maximum Gasteiger partial charge on any atom is 0.0603 e. The van der Waals surface area contributed by atoms with Gasteiger partial charge in [0.05, 0.1) is 6.04 Å². The lowest BCUT2D eigenvalue weighted by Gasteiger charge is -2.17. The summed E-state index contributed by atoms with van der Waals surface area (Å²) in [4.78, 5) is 1.41. The van der Waals surface area contributed by atoms with Gasteiger partial charge in [0.25, 0.3) is 0 Å². The summed E-state index contributed by atoms with van der Waals surface area (Å²) in [5, 5.41) is 5.72. The Morgan fingerprint density at radius 2 is 2.12 bits per heavy atom. The smallest absolute Gasteiger partial charge is 0.0603 e. The second-order valence-corrected chi connectivity index (χ2v) is 4.97. The standard InChI is InChI=1S/C14H17NS/c1-3-13(14-8-5-9-16-14)15-12-7-4-6-11(2)10-12/h4-10,13,15H,3H2,1-2H3. The minimum absolute atomic E-state index is 0.432. The molecule has 0 aliphatic heterocycles. The summed E-state index contributed by atoms with van der Waals surface area (Å²) < 4.78 is 0. The lowest BCUT2D eigenvalue weighted by molar-refractivity contribution is 0.764. The van der Waals surface area contributed by atoms with Crippen LogP contribution < -0.4 is 5.32 Å². The molecule has 0 radical (unpaired) electrons. The van der Waals surface area contributed by atoms with Crippen molar-refractivity contribution in [3.8, 4) is 0 Å². The van der Waals surface area contributed by atoms with E-state index in [9.17, 15) is 0 Å². The average molecular weight is 231 g/mol. The molecule has 2 aromatic rings. The van der Waals surface area contributed by atoms with Gasteiger partial charge in [-0.2, -0.15) is 0 Å². The van der Waals surface area contributed by atoms with Crippen molar-refractivity contribution in [3.05, 3.63) is 52.2 Å². The van der Waals surface area contributed by atoms with E-state index in [4.69, 9.17) is 0 Å². The van der Waals surface area contributed by atoms with Crippen LogP contribution in [0.2, 0.25) is 0 Å². The van der Waals surface area contributed by atoms with E-state index in [0.29, 0.717) is 6.04 Å². The van der Waals surface area contributed by atoms with E-state index >= 15 is 0 Å². The molecule has 0 spiro atoms. The fourth-order valence-corrected chi connectivity index (χ4v) is 2.66. The zero-order valence-electron chi connectivity index (χ0n) is 9.73. The van der Waals surface area contributed by atoms with Crippen molar-refractivity contribution in [1.82, 2.24) is 0 Å². The number of hydrogen-bond donors (Lipinski definition) is 1. The number of aryl methyl sites for hydroxylation is 1. The predicted octanol–water partition coefficient (Wildman–Crippen LogP) is 4.62. The van der Waals surface area contributed by atoms with Crippen LogP contribution in [0.1, 0.15) is 29.8 Å². The third-order valence-electron chi connectivity index (χ3n) is 2.65. The highest BCUT2D eigenvalue weighted by Gasteiger charge is 2.09. The van der Waals surface area contributed by atoms with Crippen molar-refractivity contribution in [3.63, 3.8) is 0 Å². The molecular weight excluding hydrogens is 214 g/mol. The zero-order chi connectivity index (χ0) is 11.4. The molecule has 0 aliphatic rings. The molecule has 0 fully saturated rings. The van der Waals surface area contributed by atoms with E-state index in [2.05, 4.69) is 60.9 Å². The Morgan fingerprint density at radius 3 is 2.75 bits per heavy atom. The molecule has 16 heavy (non-hydrogen) atoms. The Morgan fingerprint density at radius 1 is 1.25 bits per heavy atom. The van der Waals surface area contributed by atoms with Crippen LogP contribution in [-0.2, 0) is 0 Å². The van der Waals surface area contributed by atoms with Gasteiger partial charge in [0.15, 0.2) is 0 Å². The lowest BCUT2D eigenvalue weighted by Crippen LogP contribution is -2.07. The number of nitrogens with one attached hydrogen (secondary N) is 1. The summed E-state index contributed by atoms with van der Waals surface area (Å²) in [6.07, 6.45) is 1.11. The molecule has 0 saturated heterocycles. The first-order chi connectivity index (χ1) is 7.79. The number of anilines is 1. The van der Waals surface area contributed by atoms with Crippen molar-refractivity contribution in [2.24, 2.45) is 0 Å². The Kier molecular flexibility index (Phi) is 3.62. The molecule has 0 amide bonds. The SMILES string of the molecule is CCC(Nc1cccc(C)c1)c1cccs1. The molecule has 1 nitrogen and oxygen atoms in total. The highest BCUT2D eigenvalue weighted by atomic mass is 32.1. The average Bonchev–Trinajstić information content (AvgIpc) is 2.79. The van der Waals surface area contributed by atoms with Gasteiger partial charge in [0.2, 0.25) is 0 Å². The van der Waals surface area contributed by atoms with E-state index in [-0.39, 0.29) is 0 Å². The molecular formula is C14H17NS. The second kappa shape index (κ2) is 5.17. The third-order valence-corrected chi connectivity index (χ3v) is 3.64. The van der Waals surface area contributed by atoms with Crippen LogP contribution in [0.3, 0.4) is 0 Å². The van der Waals surface area contributed by atoms with Crippen molar-refractivity contribution < 1.29 is 0 Å². The van der Waals surface area contributed by atoms with Crippen LogP contribution in [0, 0.1) is 6.92 Å². The Labute approximate surface area is 101 Å². The fourth-order valence-electron chi connectivity index (χ4n) is 1.80. The van der Waals surface area contributed by atoms with Crippen LogP contribution >= 0.6 is 11.3 Å². The van der Waals surface area contributed by atoms with Crippen LogP contribution in [0.4, 0.5) is 5.69 Å². The highest BCUT2D eigenvalue weighted by molar-refractivity contribution is 7.10. The normalized spacial score (nSPS) is 12.4. The molecule has 2 heteroatoms. The van der Waals surface area contributed by atoms with E-state index < -0.39 is 0 Å². The van der Waals surface area contributed by atoms with Gasteiger partial charge in [-0.25, -0.2) is 0 Å². The largest absolute Gasteiger partial charge is 0.377 e. The molecule has 84 valence electrons. The van der Waals surface area contributed by atoms with Crippen molar-refractivity contribution >= 4 is 17.0 Å². The summed E-state index contributed by atoms with van der Waals surface area (Å²) in [6, 6.07) is 13.3. The van der Waals surface area contributed by atoms with E-state index in [1.165, 1.54) is 16.1 Å². The van der Waals surface area contributed by atoms with Crippen molar-refractivity contribution in [1.29, 1.82) is 0 Å². The zero-order valence-corrected chi connectivity index (χ0v) is 10.6. The number of benzene rings is 1. The van der Waals surface area contributed by atoms with Gasteiger partial charge in [-0.1, -0.05) is 25.1 Å². The molecule has 1 aromatic carbocycles. The van der Waals surface area contributed by atoms with Gasteiger partial charge in [-0.3, -0.25) is 0 Å². The van der Waals surface area contributed by atoms with Crippen LogP contribution in [0.5, 0.6) is 0 Å². The number of hydrogen-bond acceptors (Lipinski definition) is 2. The first-order valence-electron chi connectivity index (χ1n) is 5.66. The maximum absolute atomic E-state index is 3.58. The molecule has 1 aromatic heterocycles. The maximum atomic E-state index is 3.58. The topological polar surface area (TPSA) is 12.0 Å². The quantitative estimate of drug-likeness (QED) is 0.809. The summed E-state index contributed by atoms with van der Waals surface area (Å²) in [6.45, 7) is 4.34. The second-order valence-electron chi connectivity index (χ2n) is 3.99. The molecule has 0 aliphatic carbocycles. The summed E-state index contributed by atoms with van der Waals surface area (Å²) >= 11 is 1.82. The highest BCUT2D eigenvalue weighted by Crippen LogP contribution is 2.26. The molecule has 1 atom stereocenters. The van der Waals surface area contributed by atoms with Crippen LogP contribution in [-0.4, -0.2) is 0 Å². The van der Waals surface area contributed by atoms with Gasteiger partial charge in [-0.15, -0.1) is 11.3 Å². The third kappa shape index (κ3) is 2.64. The predicted molar refractivity (Wildman–Crippen MR) is 72.2 cm³/mol. The molecule has 2 rings (SSSR count). The Hall–Kier alpha value is -1.28. The number of thiophene rings is 1. The minimum Gasteiger partial charge on any atom is -0.377 e. The molecule has 1 N–H and O–H groups in total. The Bertz CT molecular complexity index is 434. The Balaban J connectivity index is 2.13. The van der Waals surface area contributed by atoms with Gasteiger partial charge in [0, 0.05) is 10.6 Å². The summed E-state index contributed by atoms with van der Waals surface area (Å²) in [7, 11) is 0. The van der Waals surface area contributed by atoms with Crippen molar-refractivity contribution in [2.75, 3.05) is 5.32 Å².